The van der Waals surface area contributed by atoms with Crippen LogP contribution in [0, 0.1) is 0 Å². The van der Waals surface area contributed by atoms with Gasteiger partial charge in [0.15, 0.2) is 0 Å². The number of benzene rings is 1. The van der Waals surface area contributed by atoms with E-state index in [2.05, 4.69) is 12.2 Å². The summed E-state index contributed by atoms with van der Waals surface area (Å²) in [5.74, 6) is 0.886. The molecule has 1 aliphatic rings. The van der Waals surface area contributed by atoms with Crippen molar-refractivity contribution in [2.45, 2.75) is 19.9 Å². The van der Waals surface area contributed by atoms with Gasteiger partial charge in [-0.1, -0.05) is 12.1 Å². The molecule has 0 aromatic heterocycles. The molecule has 0 spiro atoms. The number of nitrogens with one attached hydrogen (secondary N) is 1. The van der Waals surface area contributed by atoms with Gasteiger partial charge in [-0.05, 0) is 37.1 Å². The first-order valence-corrected chi connectivity index (χ1v) is 6.95. The van der Waals surface area contributed by atoms with Gasteiger partial charge in [0.1, 0.15) is 5.75 Å². The zero-order valence-corrected chi connectivity index (χ0v) is 12.3. The van der Waals surface area contributed by atoms with Gasteiger partial charge in [-0.3, -0.25) is 4.79 Å². The van der Waals surface area contributed by atoms with Crippen molar-refractivity contribution < 1.29 is 9.53 Å². The summed E-state index contributed by atoms with van der Waals surface area (Å²) in [5.41, 5.74) is 1.97. The molecule has 4 heteroatoms. The van der Waals surface area contributed by atoms with Gasteiger partial charge < -0.3 is 15.0 Å². The Balaban J connectivity index is 2.10. The third-order valence-corrected chi connectivity index (χ3v) is 3.55. The summed E-state index contributed by atoms with van der Waals surface area (Å²) >= 11 is 0. The minimum Gasteiger partial charge on any atom is -0.497 e. The molecular weight excluding hydrogens is 252 g/mol. The van der Waals surface area contributed by atoms with E-state index in [0.717, 1.165) is 36.5 Å². The Morgan fingerprint density at radius 3 is 3.00 bits per heavy atom. The summed E-state index contributed by atoms with van der Waals surface area (Å²) in [7, 11) is 1.64. The monoisotopic (exact) mass is 274 g/mol. The van der Waals surface area contributed by atoms with Crippen molar-refractivity contribution in [2.75, 3.05) is 26.7 Å². The lowest BCUT2D eigenvalue weighted by Crippen LogP contribution is -2.50. The third-order valence-electron chi connectivity index (χ3n) is 3.55. The molecule has 1 fully saturated rings. The maximum atomic E-state index is 12.3. The van der Waals surface area contributed by atoms with Crippen molar-refractivity contribution in [1.29, 1.82) is 0 Å². The number of rotatable bonds is 3. The minimum absolute atomic E-state index is 0.0821. The van der Waals surface area contributed by atoms with E-state index >= 15 is 0 Å². The molecule has 4 nitrogen and oxygen atoms in total. The highest BCUT2D eigenvalue weighted by atomic mass is 16.5. The van der Waals surface area contributed by atoms with Crippen LogP contribution in [-0.4, -0.2) is 43.6 Å². The summed E-state index contributed by atoms with van der Waals surface area (Å²) in [6.45, 7) is 6.45. The lowest BCUT2D eigenvalue weighted by molar-refractivity contribution is -0.127. The molecule has 1 N–H and O–H groups in total. The van der Waals surface area contributed by atoms with Gasteiger partial charge in [-0.25, -0.2) is 0 Å². The zero-order chi connectivity index (χ0) is 14.5. The number of nitrogens with zero attached hydrogens (tertiary/aromatic N) is 1. The van der Waals surface area contributed by atoms with E-state index in [9.17, 15) is 4.79 Å². The van der Waals surface area contributed by atoms with Gasteiger partial charge in [0.05, 0.1) is 7.11 Å². The number of hydrogen-bond acceptors (Lipinski definition) is 3. The average Bonchev–Trinajstić information content (AvgIpc) is 2.47. The van der Waals surface area contributed by atoms with Crippen molar-refractivity contribution in [2.24, 2.45) is 0 Å². The van der Waals surface area contributed by atoms with Crippen LogP contribution in [0.3, 0.4) is 0 Å². The molecule has 1 heterocycles. The van der Waals surface area contributed by atoms with Gasteiger partial charge in [-0.15, -0.1) is 0 Å². The summed E-state index contributed by atoms with van der Waals surface area (Å²) < 4.78 is 5.21. The van der Waals surface area contributed by atoms with Gasteiger partial charge in [0, 0.05) is 31.8 Å². The summed E-state index contributed by atoms with van der Waals surface area (Å²) in [5, 5.41) is 3.34. The Morgan fingerprint density at radius 2 is 2.30 bits per heavy atom. The van der Waals surface area contributed by atoms with Crippen molar-refractivity contribution >= 4 is 11.5 Å². The molecule has 2 rings (SSSR count). The molecule has 1 aromatic carbocycles. The van der Waals surface area contributed by atoms with Crippen molar-refractivity contribution in [3.63, 3.8) is 0 Å². The Kier molecular flexibility index (Phi) is 4.79. The molecule has 0 radical (unpaired) electrons. The minimum atomic E-state index is 0.0821. The Morgan fingerprint density at radius 1 is 1.50 bits per heavy atom. The molecule has 1 atom stereocenters. The van der Waals surface area contributed by atoms with Crippen LogP contribution >= 0.6 is 0 Å². The number of amides is 1. The first-order chi connectivity index (χ1) is 9.60. The number of piperazine rings is 1. The smallest absolute Gasteiger partial charge is 0.246 e. The van der Waals surface area contributed by atoms with Crippen molar-refractivity contribution in [1.82, 2.24) is 10.2 Å². The van der Waals surface area contributed by atoms with E-state index in [1.165, 1.54) is 0 Å². The Labute approximate surface area is 120 Å². The SMILES string of the molecule is COc1cccc(C(C)=CC(=O)N2CCNC(C)C2)c1. The lowest BCUT2D eigenvalue weighted by atomic mass is 10.1. The van der Waals surface area contributed by atoms with Crippen molar-refractivity contribution in [3.05, 3.63) is 35.9 Å². The predicted octanol–water partition coefficient (Wildman–Crippen LogP) is 1.92. The number of methoxy groups -OCH3 is 1. The number of hydrogen-bond donors (Lipinski definition) is 1. The molecule has 0 saturated carbocycles. The van der Waals surface area contributed by atoms with E-state index in [4.69, 9.17) is 4.74 Å². The second-order valence-electron chi connectivity index (χ2n) is 5.20. The lowest BCUT2D eigenvalue weighted by Gasteiger charge is -2.31. The van der Waals surface area contributed by atoms with Crippen LogP contribution < -0.4 is 10.1 Å². The first-order valence-electron chi connectivity index (χ1n) is 6.95. The van der Waals surface area contributed by atoms with Crippen molar-refractivity contribution in [3.8, 4) is 5.75 Å². The van der Waals surface area contributed by atoms with E-state index in [0.29, 0.717) is 6.04 Å². The van der Waals surface area contributed by atoms with Gasteiger partial charge in [0.25, 0.3) is 0 Å². The van der Waals surface area contributed by atoms with Crippen LogP contribution in [0.15, 0.2) is 30.3 Å². The number of allylic oxidation sites excluding steroid dienone is 1. The molecule has 20 heavy (non-hydrogen) atoms. The summed E-state index contributed by atoms with van der Waals surface area (Å²) in [6.07, 6.45) is 1.72. The van der Waals surface area contributed by atoms with Crippen LogP contribution in [0.2, 0.25) is 0 Å². The second kappa shape index (κ2) is 6.57. The van der Waals surface area contributed by atoms with Crippen LogP contribution in [0.4, 0.5) is 0 Å². The van der Waals surface area contributed by atoms with E-state index in [1.54, 1.807) is 13.2 Å². The van der Waals surface area contributed by atoms with Crippen LogP contribution in [0.25, 0.3) is 5.57 Å². The maximum Gasteiger partial charge on any atom is 0.246 e. The van der Waals surface area contributed by atoms with E-state index in [1.807, 2.05) is 36.1 Å². The second-order valence-corrected chi connectivity index (χ2v) is 5.20. The van der Waals surface area contributed by atoms with Crippen LogP contribution in [0.5, 0.6) is 5.75 Å². The van der Waals surface area contributed by atoms with Gasteiger partial charge in [-0.2, -0.15) is 0 Å². The Hall–Kier alpha value is -1.81. The topological polar surface area (TPSA) is 41.6 Å². The quantitative estimate of drug-likeness (QED) is 0.856. The zero-order valence-electron chi connectivity index (χ0n) is 12.3. The van der Waals surface area contributed by atoms with E-state index in [-0.39, 0.29) is 5.91 Å². The normalized spacial score (nSPS) is 19.9. The number of ether oxygens (including phenoxy) is 1. The molecule has 1 unspecified atom stereocenters. The highest BCUT2D eigenvalue weighted by molar-refractivity contribution is 5.95. The number of carbonyl (C=O) groups is 1. The molecule has 0 aliphatic carbocycles. The van der Waals surface area contributed by atoms with E-state index < -0.39 is 0 Å². The van der Waals surface area contributed by atoms with Gasteiger partial charge in [0.2, 0.25) is 5.91 Å². The standard InChI is InChI=1S/C16H22N2O2/c1-12(14-5-4-6-15(10-14)20-3)9-16(19)18-8-7-17-13(2)11-18/h4-6,9-10,13,17H,7-8,11H2,1-3H3. The summed E-state index contributed by atoms with van der Waals surface area (Å²) in [4.78, 5) is 14.2. The van der Waals surface area contributed by atoms with Crippen LogP contribution in [-0.2, 0) is 4.79 Å². The fraction of sp³-hybridized carbons (Fsp3) is 0.438. The molecular formula is C16H22N2O2. The summed E-state index contributed by atoms with van der Waals surface area (Å²) in [6, 6.07) is 8.12. The maximum absolute atomic E-state index is 12.3. The largest absolute Gasteiger partial charge is 0.497 e. The number of carbonyl (C=O) groups excluding carboxylic acids is 1. The van der Waals surface area contributed by atoms with Crippen LogP contribution in [0.1, 0.15) is 19.4 Å². The molecule has 1 aliphatic heterocycles. The molecule has 1 saturated heterocycles. The molecule has 1 amide bonds. The average molecular weight is 274 g/mol. The highest BCUT2D eigenvalue weighted by Crippen LogP contribution is 2.20. The predicted molar refractivity (Wildman–Crippen MR) is 80.7 cm³/mol. The Bertz CT molecular complexity index is 511. The fourth-order valence-electron chi connectivity index (χ4n) is 2.36. The first kappa shape index (κ1) is 14.6. The molecule has 108 valence electrons. The highest BCUT2D eigenvalue weighted by Gasteiger charge is 2.19. The van der Waals surface area contributed by atoms with Gasteiger partial charge >= 0.3 is 0 Å². The molecule has 1 aromatic rings. The molecule has 0 bridgehead atoms. The fourth-order valence-corrected chi connectivity index (χ4v) is 2.36. The third kappa shape index (κ3) is 3.61.